The molecule has 0 aliphatic carbocycles. The molecule has 0 saturated carbocycles. The number of halogens is 1. The molecule has 0 aromatic heterocycles. The minimum Gasteiger partial charge on any atom is -0.496 e. The van der Waals surface area contributed by atoms with E-state index in [0.29, 0.717) is 41.7 Å². The molecule has 1 N–H and O–H groups in total. The summed E-state index contributed by atoms with van der Waals surface area (Å²) in [5.41, 5.74) is -0.0160. The fourth-order valence-corrected chi connectivity index (χ4v) is 3.21. The maximum Gasteiger partial charge on any atom is 0.410 e. The third-order valence-corrected chi connectivity index (χ3v) is 4.57. The summed E-state index contributed by atoms with van der Waals surface area (Å²) >= 11 is 3.40. The van der Waals surface area contributed by atoms with Crippen molar-refractivity contribution in [3.8, 4) is 5.75 Å². The highest BCUT2D eigenvalue weighted by Gasteiger charge is 2.28. The predicted molar refractivity (Wildman–Crippen MR) is 99.0 cm³/mol. The predicted octanol–water partition coefficient (Wildman–Crippen LogP) is 3.59. The van der Waals surface area contributed by atoms with Crippen molar-refractivity contribution >= 4 is 27.9 Å². The zero-order valence-corrected chi connectivity index (χ0v) is 16.7. The van der Waals surface area contributed by atoms with Crippen molar-refractivity contribution in [3.05, 3.63) is 28.2 Å². The summed E-state index contributed by atoms with van der Waals surface area (Å²) in [4.78, 5) is 26.4. The van der Waals surface area contributed by atoms with Crippen molar-refractivity contribution in [3.63, 3.8) is 0 Å². The van der Waals surface area contributed by atoms with Crippen LogP contribution in [0.4, 0.5) is 4.79 Å². The average molecular weight is 413 g/mol. The van der Waals surface area contributed by atoms with Gasteiger partial charge in [-0.3, -0.25) is 4.79 Å². The number of carbonyl (C=O) groups is 2. The van der Waals surface area contributed by atoms with Gasteiger partial charge in [0.2, 0.25) is 0 Å². The molecular formula is C18H25BrN2O4. The third kappa shape index (κ3) is 5.36. The Labute approximate surface area is 157 Å². The zero-order chi connectivity index (χ0) is 18.6. The molecule has 25 heavy (non-hydrogen) atoms. The number of piperidine rings is 1. The standard InChI is InChI=1S/C18H25BrN2O4/c1-18(2,3)25-17(23)21-10-8-12(9-11-21)20-16(22)15-13(19)6-5-7-14(15)24-4/h5-7,12H,8-11H2,1-4H3,(H,20,22). The maximum absolute atomic E-state index is 12.6. The number of nitrogens with zero attached hydrogens (tertiary/aromatic N) is 1. The molecule has 138 valence electrons. The number of ether oxygens (including phenoxy) is 2. The minimum atomic E-state index is -0.502. The van der Waals surface area contributed by atoms with Gasteiger partial charge in [-0.2, -0.15) is 0 Å². The molecule has 2 amide bonds. The van der Waals surface area contributed by atoms with Crippen LogP contribution in [0.15, 0.2) is 22.7 Å². The van der Waals surface area contributed by atoms with Crippen LogP contribution in [-0.2, 0) is 4.74 Å². The van der Waals surface area contributed by atoms with E-state index in [1.165, 1.54) is 7.11 Å². The van der Waals surface area contributed by atoms with Gasteiger partial charge in [0.15, 0.2) is 0 Å². The smallest absolute Gasteiger partial charge is 0.410 e. The van der Waals surface area contributed by atoms with E-state index in [-0.39, 0.29) is 18.0 Å². The molecule has 1 aromatic carbocycles. The van der Waals surface area contributed by atoms with Gasteiger partial charge in [-0.1, -0.05) is 6.07 Å². The fraction of sp³-hybridized carbons (Fsp3) is 0.556. The van der Waals surface area contributed by atoms with Crippen LogP contribution in [0.25, 0.3) is 0 Å². The number of hydrogen-bond acceptors (Lipinski definition) is 4. The molecule has 0 radical (unpaired) electrons. The van der Waals surface area contributed by atoms with E-state index in [1.54, 1.807) is 11.0 Å². The van der Waals surface area contributed by atoms with Gasteiger partial charge >= 0.3 is 6.09 Å². The van der Waals surface area contributed by atoms with Gasteiger partial charge < -0.3 is 19.7 Å². The number of methoxy groups -OCH3 is 1. The maximum atomic E-state index is 12.6. The summed E-state index contributed by atoms with van der Waals surface area (Å²) in [6, 6.07) is 5.40. The molecule has 0 bridgehead atoms. The van der Waals surface area contributed by atoms with E-state index in [0.717, 1.165) is 0 Å². The Bertz CT molecular complexity index is 634. The van der Waals surface area contributed by atoms with Crippen LogP contribution in [-0.4, -0.2) is 48.7 Å². The van der Waals surface area contributed by atoms with Crippen molar-refractivity contribution in [2.24, 2.45) is 0 Å². The second kappa shape index (κ2) is 8.08. The Kier molecular flexibility index (Phi) is 6.32. The fourth-order valence-electron chi connectivity index (χ4n) is 2.69. The highest BCUT2D eigenvalue weighted by molar-refractivity contribution is 9.10. The topological polar surface area (TPSA) is 67.9 Å². The molecule has 0 unspecified atom stereocenters. The van der Waals surface area contributed by atoms with Gasteiger partial charge in [0.25, 0.3) is 5.91 Å². The van der Waals surface area contributed by atoms with E-state index in [1.807, 2.05) is 32.9 Å². The SMILES string of the molecule is COc1cccc(Br)c1C(=O)NC1CCN(C(=O)OC(C)(C)C)CC1. The van der Waals surface area contributed by atoms with Crippen LogP contribution in [0.1, 0.15) is 44.0 Å². The molecule has 1 aliphatic heterocycles. The number of carbonyl (C=O) groups excluding carboxylic acids is 2. The first kappa shape index (κ1) is 19.6. The molecule has 6 nitrogen and oxygen atoms in total. The summed E-state index contributed by atoms with van der Waals surface area (Å²) in [7, 11) is 1.54. The molecule has 0 atom stereocenters. The molecule has 2 rings (SSSR count). The molecule has 0 spiro atoms. The minimum absolute atomic E-state index is 0.0167. The van der Waals surface area contributed by atoms with Crippen LogP contribution in [0.3, 0.4) is 0 Å². The first-order chi connectivity index (χ1) is 11.7. The number of amides is 2. The van der Waals surface area contributed by atoms with E-state index in [9.17, 15) is 9.59 Å². The summed E-state index contributed by atoms with van der Waals surface area (Å²) in [5.74, 6) is 0.345. The Morgan fingerprint density at radius 2 is 1.88 bits per heavy atom. The van der Waals surface area contributed by atoms with Crippen molar-refractivity contribution < 1.29 is 19.1 Å². The number of benzene rings is 1. The lowest BCUT2D eigenvalue weighted by atomic mass is 10.0. The monoisotopic (exact) mass is 412 g/mol. The van der Waals surface area contributed by atoms with Gasteiger partial charge in [-0.25, -0.2) is 4.79 Å². The second-order valence-electron chi connectivity index (χ2n) is 7.03. The van der Waals surface area contributed by atoms with Crippen LogP contribution >= 0.6 is 15.9 Å². The zero-order valence-electron chi connectivity index (χ0n) is 15.1. The van der Waals surface area contributed by atoms with Gasteiger partial charge in [-0.15, -0.1) is 0 Å². The average Bonchev–Trinajstić information content (AvgIpc) is 2.53. The van der Waals surface area contributed by atoms with E-state index in [2.05, 4.69) is 21.2 Å². The van der Waals surface area contributed by atoms with Gasteiger partial charge in [0, 0.05) is 23.6 Å². The molecule has 1 saturated heterocycles. The lowest BCUT2D eigenvalue weighted by molar-refractivity contribution is 0.0199. The Balaban J connectivity index is 1.92. The summed E-state index contributed by atoms with van der Waals surface area (Å²) in [6.07, 6.45) is 1.08. The van der Waals surface area contributed by atoms with Crippen molar-refractivity contribution in [1.82, 2.24) is 10.2 Å². The summed E-state index contributed by atoms with van der Waals surface area (Å²) < 4.78 is 11.3. The van der Waals surface area contributed by atoms with Crippen LogP contribution < -0.4 is 10.1 Å². The molecule has 7 heteroatoms. The highest BCUT2D eigenvalue weighted by atomic mass is 79.9. The number of nitrogens with one attached hydrogen (secondary N) is 1. The normalized spacial score (nSPS) is 15.6. The largest absolute Gasteiger partial charge is 0.496 e. The second-order valence-corrected chi connectivity index (χ2v) is 7.89. The number of hydrogen-bond donors (Lipinski definition) is 1. The van der Waals surface area contributed by atoms with Gasteiger partial charge in [0.1, 0.15) is 11.4 Å². The number of rotatable bonds is 3. The summed E-state index contributed by atoms with van der Waals surface area (Å²) in [5, 5.41) is 3.03. The Morgan fingerprint density at radius 3 is 2.44 bits per heavy atom. The van der Waals surface area contributed by atoms with Crippen LogP contribution in [0.2, 0.25) is 0 Å². The number of likely N-dealkylation sites (tertiary alicyclic amines) is 1. The van der Waals surface area contributed by atoms with Gasteiger partial charge in [0.05, 0.1) is 12.7 Å². The molecule has 1 aromatic rings. The highest BCUT2D eigenvalue weighted by Crippen LogP contribution is 2.27. The Hall–Kier alpha value is -1.76. The first-order valence-corrected chi connectivity index (χ1v) is 9.12. The Morgan fingerprint density at radius 1 is 1.24 bits per heavy atom. The van der Waals surface area contributed by atoms with Crippen molar-refractivity contribution in [2.45, 2.75) is 45.3 Å². The first-order valence-electron chi connectivity index (χ1n) is 8.32. The molecule has 1 aliphatic rings. The van der Waals surface area contributed by atoms with Crippen LogP contribution in [0, 0.1) is 0 Å². The molecular weight excluding hydrogens is 388 g/mol. The van der Waals surface area contributed by atoms with E-state index in [4.69, 9.17) is 9.47 Å². The van der Waals surface area contributed by atoms with E-state index >= 15 is 0 Å². The van der Waals surface area contributed by atoms with Crippen LogP contribution in [0.5, 0.6) is 5.75 Å². The lowest BCUT2D eigenvalue weighted by Gasteiger charge is -2.33. The van der Waals surface area contributed by atoms with Crippen molar-refractivity contribution in [1.29, 1.82) is 0 Å². The third-order valence-electron chi connectivity index (χ3n) is 3.90. The summed E-state index contributed by atoms with van der Waals surface area (Å²) in [6.45, 7) is 6.68. The lowest BCUT2D eigenvalue weighted by Crippen LogP contribution is -2.47. The van der Waals surface area contributed by atoms with Gasteiger partial charge in [-0.05, 0) is 61.7 Å². The molecule has 1 heterocycles. The quantitative estimate of drug-likeness (QED) is 0.823. The van der Waals surface area contributed by atoms with Crippen molar-refractivity contribution in [2.75, 3.05) is 20.2 Å². The van der Waals surface area contributed by atoms with E-state index < -0.39 is 5.60 Å². The molecule has 1 fully saturated rings.